The molecule has 0 aliphatic heterocycles. The molecular formula is C15H34NO4+. The van der Waals surface area contributed by atoms with Crippen molar-refractivity contribution >= 4 is 0 Å². The molecule has 0 rings (SSSR count). The van der Waals surface area contributed by atoms with Gasteiger partial charge < -0.3 is 0 Å². The van der Waals surface area contributed by atoms with Crippen LogP contribution in [0.4, 0.5) is 0 Å². The SMILES string of the molecule is CCO[N+](OCC)(OCC)OC(C)(CC)C(CC)CC. The summed E-state index contributed by atoms with van der Waals surface area (Å²) in [4.78, 5) is 23.1. The standard InChI is InChI=1S/C15H34NO4/c1-8-14(9-2)15(7,10-3)20-16(17-11-4,18-12-5)19-13-6/h14H,8-13H2,1-7H3/q+1. The van der Waals surface area contributed by atoms with E-state index in [9.17, 15) is 0 Å². The Labute approximate surface area is 124 Å². The van der Waals surface area contributed by atoms with Crippen molar-refractivity contribution in [3.8, 4) is 0 Å². The fourth-order valence-electron chi connectivity index (χ4n) is 2.50. The number of hydrogen-bond acceptors (Lipinski definition) is 4. The third kappa shape index (κ3) is 5.30. The molecule has 0 aromatic rings. The average molecular weight is 292 g/mol. The molecule has 0 radical (unpaired) electrons. The Morgan fingerprint density at radius 3 is 1.45 bits per heavy atom. The third-order valence-corrected chi connectivity index (χ3v) is 3.73. The van der Waals surface area contributed by atoms with E-state index in [0.717, 1.165) is 19.3 Å². The van der Waals surface area contributed by atoms with Gasteiger partial charge in [-0.2, -0.15) is 0 Å². The van der Waals surface area contributed by atoms with Crippen LogP contribution in [0.5, 0.6) is 0 Å². The number of nitrogens with zero attached hydrogens (tertiary/aromatic N) is 1. The van der Waals surface area contributed by atoms with Gasteiger partial charge in [-0.15, -0.1) is 0 Å². The van der Waals surface area contributed by atoms with Crippen molar-refractivity contribution in [3.05, 3.63) is 0 Å². The highest BCUT2D eigenvalue weighted by molar-refractivity contribution is 4.79. The van der Waals surface area contributed by atoms with Gasteiger partial charge in [-0.05, 0) is 40.0 Å². The first-order valence-corrected chi connectivity index (χ1v) is 8.00. The van der Waals surface area contributed by atoms with Crippen molar-refractivity contribution in [1.29, 1.82) is 0 Å². The molecule has 0 aromatic carbocycles. The summed E-state index contributed by atoms with van der Waals surface area (Å²) in [6.45, 7) is 15.6. The molecule has 0 saturated carbocycles. The van der Waals surface area contributed by atoms with Crippen molar-refractivity contribution in [2.75, 3.05) is 19.8 Å². The molecule has 0 saturated heterocycles. The minimum Gasteiger partial charge on any atom is -0.0967 e. The second-order valence-electron chi connectivity index (χ2n) is 4.97. The molecule has 1 atom stereocenters. The molecule has 0 fully saturated rings. The second-order valence-corrected chi connectivity index (χ2v) is 4.97. The highest BCUT2D eigenvalue weighted by Crippen LogP contribution is 2.35. The van der Waals surface area contributed by atoms with Crippen LogP contribution in [0.2, 0.25) is 0 Å². The minimum atomic E-state index is -0.635. The smallest absolute Gasteiger partial charge is 0.0967 e. The van der Waals surface area contributed by atoms with Gasteiger partial charge in [-0.25, -0.2) is 0 Å². The van der Waals surface area contributed by atoms with E-state index in [-0.39, 0.29) is 5.60 Å². The van der Waals surface area contributed by atoms with Crippen LogP contribution in [0.3, 0.4) is 0 Å². The number of hydrogen-bond donors (Lipinski definition) is 0. The fourth-order valence-corrected chi connectivity index (χ4v) is 2.50. The van der Waals surface area contributed by atoms with Crippen molar-refractivity contribution in [2.24, 2.45) is 5.92 Å². The summed E-state index contributed by atoms with van der Waals surface area (Å²) in [6, 6.07) is 0. The van der Waals surface area contributed by atoms with Crippen LogP contribution in [-0.2, 0) is 19.4 Å². The van der Waals surface area contributed by atoms with Crippen molar-refractivity contribution in [3.63, 3.8) is 0 Å². The van der Waals surface area contributed by atoms with Gasteiger partial charge in [0.25, 0.3) is 0 Å². The van der Waals surface area contributed by atoms with Crippen LogP contribution in [0.15, 0.2) is 0 Å². The summed E-state index contributed by atoms with van der Waals surface area (Å²) in [5, 5.41) is -0.635. The van der Waals surface area contributed by atoms with Crippen LogP contribution in [-0.4, -0.2) is 30.6 Å². The van der Waals surface area contributed by atoms with E-state index in [1.165, 1.54) is 0 Å². The topological polar surface area (TPSA) is 36.9 Å². The largest absolute Gasteiger partial charge is 0.247 e. The van der Waals surface area contributed by atoms with Gasteiger partial charge in [-0.1, -0.05) is 53.0 Å². The number of quaternary nitrogens is 1. The van der Waals surface area contributed by atoms with Gasteiger partial charge in [-0.3, -0.25) is 0 Å². The molecule has 0 aliphatic rings. The van der Waals surface area contributed by atoms with Crippen molar-refractivity contribution < 1.29 is 24.5 Å². The zero-order valence-corrected chi connectivity index (χ0v) is 14.4. The van der Waals surface area contributed by atoms with E-state index in [1.807, 2.05) is 20.8 Å². The van der Waals surface area contributed by atoms with Crippen LogP contribution in [0, 0.1) is 5.92 Å². The minimum absolute atomic E-state index is 0.358. The molecule has 0 bridgehead atoms. The third-order valence-electron chi connectivity index (χ3n) is 3.73. The second kappa shape index (κ2) is 9.68. The van der Waals surface area contributed by atoms with Gasteiger partial charge in [0.2, 0.25) is 5.14 Å². The Hall–Kier alpha value is -0.200. The van der Waals surface area contributed by atoms with Gasteiger partial charge in [0.15, 0.2) is 0 Å². The molecule has 122 valence electrons. The molecule has 0 heterocycles. The van der Waals surface area contributed by atoms with Gasteiger partial charge in [0, 0.05) is 0 Å². The van der Waals surface area contributed by atoms with E-state index >= 15 is 0 Å². The molecule has 0 amide bonds. The number of rotatable bonds is 12. The predicted octanol–water partition coefficient (Wildman–Crippen LogP) is 4.19. The molecule has 20 heavy (non-hydrogen) atoms. The summed E-state index contributed by atoms with van der Waals surface area (Å²) in [7, 11) is 0. The molecule has 5 heteroatoms. The first-order valence-electron chi connectivity index (χ1n) is 8.00. The fraction of sp³-hybridized carbons (Fsp3) is 1.00. The summed E-state index contributed by atoms with van der Waals surface area (Å²) in [6.07, 6.45) is 2.96. The van der Waals surface area contributed by atoms with Gasteiger partial charge in [0.1, 0.15) is 25.4 Å². The predicted molar refractivity (Wildman–Crippen MR) is 79.0 cm³/mol. The van der Waals surface area contributed by atoms with E-state index in [0.29, 0.717) is 25.7 Å². The van der Waals surface area contributed by atoms with Crippen molar-refractivity contribution in [1.82, 2.24) is 0 Å². The first kappa shape index (κ1) is 19.8. The summed E-state index contributed by atoms with van der Waals surface area (Å²) in [5.74, 6) is 0.423. The molecule has 0 aliphatic carbocycles. The maximum atomic E-state index is 6.21. The highest BCUT2D eigenvalue weighted by Gasteiger charge is 2.48. The van der Waals surface area contributed by atoms with Crippen LogP contribution in [0.25, 0.3) is 0 Å². The quantitative estimate of drug-likeness (QED) is 0.399. The highest BCUT2D eigenvalue weighted by atomic mass is 17.4. The Balaban J connectivity index is 5.24. The van der Waals surface area contributed by atoms with Crippen molar-refractivity contribution in [2.45, 2.75) is 73.3 Å². The lowest BCUT2D eigenvalue weighted by molar-refractivity contribution is -1.48. The van der Waals surface area contributed by atoms with Gasteiger partial charge >= 0.3 is 0 Å². The first-order chi connectivity index (χ1) is 9.47. The monoisotopic (exact) mass is 292 g/mol. The lowest BCUT2D eigenvalue weighted by atomic mass is 9.83. The average Bonchev–Trinajstić information content (AvgIpc) is 2.40. The van der Waals surface area contributed by atoms with Crippen LogP contribution < -0.4 is 0 Å². The Bertz CT molecular complexity index is 229. The maximum Gasteiger partial charge on any atom is 0.247 e. The zero-order chi connectivity index (χ0) is 15.6. The van der Waals surface area contributed by atoms with Crippen LogP contribution in [0.1, 0.15) is 67.7 Å². The molecule has 0 spiro atoms. The lowest BCUT2D eigenvalue weighted by Crippen LogP contribution is -2.55. The summed E-state index contributed by atoms with van der Waals surface area (Å²) in [5.41, 5.74) is -0.358. The lowest BCUT2D eigenvalue weighted by Gasteiger charge is -2.37. The van der Waals surface area contributed by atoms with E-state index < -0.39 is 5.14 Å². The molecule has 5 nitrogen and oxygen atoms in total. The van der Waals surface area contributed by atoms with Gasteiger partial charge in [0.05, 0.1) is 0 Å². The zero-order valence-electron chi connectivity index (χ0n) is 14.4. The Morgan fingerprint density at radius 1 is 0.800 bits per heavy atom. The van der Waals surface area contributed by atoms with E-state index in [2.05, 4.69) is 27.7 Å². The maximum absolute atomic E-state index is 6.21. The van der Waals surface area contributed by atoms with Crippen LogP contribution >= 0.6 is 0 Å². The normalized spacial score (nSPS) is 15.6. The molecule has 0 N–H and O–H groups in total. The van der Waals surface area contributed by atoms with E-state index in [4.69, 9.17) is 19.4 Å². The molecule has 0 aromatic heterocycles. The molecule has 1 unspecified atom stereocenters. The summed E-state index contributed by atoms with van der Waals surface area (Å²) < 4.78 is 0. The molecular weight excluding hydrogens is 258 g/mol. The van der Waals surface area contributed by atoms with E-state index in [1.54, 1.807) is 0 Å². The Kier molecular flexibility index (Phi) is 9.59. The Morgan fingerprint density at radius 2 is 1.20 bits per heavy atom. The summed E-state index contributed by atoms with van der Waals surface area (Å²) >= 11 is 0.